The number of thioether (sulfide) groups is 1. The maximum atomic E-state index is 13.7. The average molecular weight is 499 g/mol. The lowest BCUT2D eigenvalue weighted by atomic mass is 9.86. The molecule has 34 heavy (non-hydrogen) atoms. The predicted octanol–water partition coefficient (Wildman–Crippen LogP) is 3.43. The summed E-state index contributed by atoms with van der Waals surface area (Å²) in [4.78, 5) is 40.9. The standard InChI is InChI=1S/C25H46N4O4S/c1-5-7-15-33-24(32)28-21(25(3,4)34-16-6-2)23(31)29-14-8-9-20(29)22(30)27-17-18-10-12-19(26)13-11-18/h18-21H,5-17,26H2,1-4H3,(H,27,30)(H,28,32). The Bertz CT molecular complexity index is 667. The zero-order valence-corrected chi connectivity index (χ0v) is 22.4. The molecular weight excluding hydrogens is 452 g/mol. The molecule has 2 atom stereocenters. The second-order valence-electron chi connectivity index (χ2n) is 10.2. The number of rotatable bonds is 12. The van der Waals surface area contributed by atoms with Crippen molar-refractivity contribution >= 4 is 29.7 Å². The molecule has 0 aromatic rings. The quantitative estimate of drug-likeness (QED) is 0.355. The van der Waals surface area contributed by atoms with Crippen molar-refractivity contribution in [2.24, 2.45) is 11.7 Å². The number of ether oxygens (including phenoxy) is 1. The summed E-state index contributed by atoms with van der Waals surface area (Å²) in [5.74, 6) is 1.02. The summed E-state index contributed by atoms with van der Waals surface area (Å²) in [6.07, 6.45) is 7.58. The lowest BCUT2D eigenvalue weighted by Crippen LogP contribution is -2.60. The average Bonchev–Trinajstić information content (AvgIpc) is 3.30. The van der Waals surface area contributed by atoms with Crippen LogP contribution in [0.15, 0.2) is 0 Å². The van der Waals surface area contributed by atoms with E-state index in [1.165, 1.54) is 0 Å². The van der Waals surface area contributed by atoms with Gasteiger partial charge >= 0.3 is 6.09 Å². The highest BCUT2D eigenvalue weighted by Gasteiger charge is 2.44. The molecule has 2 unspecified atom stereocenters. The number of nitrogens with zero attached hydrogens (tertiary/aromatic N) is 1. The van der Waals surface area contributed by atoms with Gasteiger partial charge in [0.05, 0.1) is 6.61 Å². The third kappa shape index (κ3) is 8.63. The van der Waals surface area contributed by atoms with Crippen LogP contribution >= 0.6 is 11.8 Å². The SMILES string of the molecule is CCCCOC(=O)NC(C(=O)N1CCCC1C(=O)NCC1CCC(N)CC1)C(C)(C)SCCC. The first-order valence-corrected chi connectivity index (χ1v) is 14.1. The first kappa shape index (κ1) is 28.8. The van der Waals surface area contributed by atoms with Gasteiger partial charge in [0.15, 0.2) is 0 Å². The Morgan fingerprint density at radius 2 is 1.82 bits per heavy atom. The molecule has 8 nitrogen and oxygen atoms in total. The molecule has 2 rings (SSSR count). The molecule has 2 aliphatic rings. The normalized spacial score (nSPS) is 23.9. The van der Waals surface area contributed by atoms with Gasteiger partial charge < -0.3 is 26.0 Å². The second-order valence-corrected chi connectivity index (χ2v) is 12.0. The summed E-state index contributed by atoms with van der Waals surface area (Å²) in [6, 6.07) is -0.987. The molecule has 2 fully saturated rings. The van der Waals surface area contributed by atoms with Crippen LogP contribution in [0.2, 0.25) is 0 Å². The number of nitrogens with two attached hydrogens (primary N) is 1. The van der Waals surface area contributed by atoms with Crippen molar-refractivity contribution in [3.63, 3.8) is 0 Å². The molecule has 9 heteroatoms. The minimum atomic E-state index is -0.772. The van der Waals surface area contributed by atoms with Crippen molar-refractivity contribution in [1.82, 2.24) is 15.5 Å². The molecule has 1 aliphatic heterocycles. The lowest BCUT2D eigenvalue weighted by molar-refractivity contribution is -0.140. The molecular formula is C25H46N4O4S. The van der Waals surface area contributed by atoms with E-state index in [1.807, 2.05) is 20.8 Å². The molecule has 0 aromatic carbocycles. The van der Waals surface area contributed by atoms with Gasteiger partial charge in [-0.15, -0.1) is 0 Å². The Balaban J connectivity index is 2.05. The fourth-order valence-corrected chi connectivity index (χ4v) is 5.73. The Morgan fingerprint density at radius 1 is 1.12 bits per heavy atom. The van der Waals surface area contributed by atoms with Crippen LogP contribution in [0.25, 0.3) is 0 Å². The van der Waals surface area contributed by atoms with Crippen LogP contribution in [0.5, 0.6) is 0 Å². The Kier molecular flexibility index (Phi) is 12.0. The van der Waals surface area contributed by atoms with Crippen LogP contribution < -0.4 is 16.4 Å². The van der Waals surface area contributed by atoms with E-state index >= 15 is 0 Å². The van der Waals surface area contributed by atoms with E-state index in [4.69, 9.17) is 10.5 Å². The number of likely N-dealkylation sites (tertiary alicyclic amines) is 1. The van der Waals surface area contributed by atoms with Crippen molar-refractivity contribution in [2.75, 3.05) is 25.4 Å². The number of hydrogen-bond donors (Lipinski definition) is 3. The molecule has 196 valence electrons. The number of carbonyl (C=O) groups excluding carboxylic acids is 3. The van der Waals surface area contributed by atoms with E-state index in [0.29, 0.717) is 32.0 Å². The van der Waals surface area contributed by atoms with E-state index < -0.39 is 22.9 Å². The molecule has 4 N–H and O–H groups in total. The van der Waals surface area contributed by atoms with E-state index in [-0.39, 0.29) is 17.9 Å². The zero-order chi connectivity index (χ0) is 25.1. The molecule has 0 radical (unpaired) electrons. The van der Waals surface area contributed by atoms with Gasteiger partial charge in [0.2, 0.25) is 11.8 Å². The van der Waals surface area contributed by atoms with E-state index in [1.54, 1.807) is 16.7 Å². The van der Waals surface area contributed by atoms with Crippen LogP contribution in [0.3, 0.4) is 0 Å². The fraction of sp³-hybridized carbons (Fsp3) is 0.880. The number of nitrogens with one attached hydrogen (secondary N) is 2. The van der Waals surface area contributed by atoms with Crippen LogP contribution in [-0.2, 0) is 14.3 Å². The monoisotopic (exact) mass is 498 g/mol. The molecule has 1 aliphatic carbocycles. The number of hydrogen-bond acceptors (Lipinski definition) is 6. The van der Waals surface area contributed by atoms with E-state index in [0.717, 1.165) is 57.1 Å². The van der Waals surface area contributed by atoms with Gasteiger partial charge in [0.1, 0.15) is 12.1 Å². The molecule has 3 amide bonds. The van der Waals surface area contributed by atoms with Gasteiger partial charge in [0, 0.05) is 23.9 Å². The first-order chi connectivity index (χ1) is 16.2. The number of unbranched alkanes of at least 4 members (excludes halogenated alkanes) is 1. The summed E-state index contributed by atoms with van der Waals surface area (Å²) in [5, 5.41) is 5.92. The van der Waals surface area contributed by atoms with Crippen LogP contribution in [0, 0.1) is 5.92 Å². The van der Waals surface area contributed by atoms with Gasteiger partial charge in [-0.05, 0) is 76.9 Å². The predicted molar refractivity (Wildman–Crippen MR) is 138 cm³/mol. The Morgan fingerprint density at radius 3 is 2.47 bits per heavy atom. The molecule has 0 aromatic heterocycles. The largest absolute Gasteiger partial charge is 0.450 e. The van der Waals surface area contributed by atoms with Gasteiger partial charge in [-0.3, -0.25) is 9.59 Å². The highest BCUT2D eigenvalue weighted by Crippen LogP contribution is 2.32. The molecule has 0 bridgehead atoms. The Hall–Kier alpha value is -1.48. The minimum Gasteiger partial charge on any atom is -0.450 e. The minimum absolute atomic E-state index is 0.0935. The summed E-state index contributed by atoms with van der Waals surface area (Å²) in [5.41, 5.74) is 5.99. The third-order valence-corrected chi connectivity index (χ3v) is 8.50. The van der Waals surface area contributed by atoms with E-state index in [9.17, 15) is 14.4 Å². The number of amides is 3. The maximum absolute atomic E-state index is 13.7. The summed E-state index contributed by atoms with van der Waals surface area (Å²) >= 11 is 1.65. The van der Waals surface area contributed by atoms with Gasteiger partial charge in [-0.25, -0.2) is 4.79 Å². The van der Waals surface area contributed by atoms with Crippen molar-refractivity contribution in [3.8, 4) is 0 Å². The molecule has 1 saturated heterocycles. The van der Waals surface area contributed by atoms with E-state index in [2.05, 4.69) is 17.6 Å². The summed E-state index contributed by atoms with van der Waals surface area (Å²) in [7, 11) is 0. The van der Waals surface area contributed by atoms with Crippen molar-refractivity contribution in [3.05, 3.63) is 0 Å². The van der Waals surface area contributed by atoms with Gasteiger partial charge in [0.25, 0.3) is 0 Å². The van der Waals surface area contributed by atoms with Crippen LogP contribution in [0.4, 0.5) is 4.79 Å². The highest BCUT2D eigenvalue weighted by atomic mass is 32.2. The second kappa shape index (κ2) is 14.2. The van der Waals surface area contributed by atoms with Gasteiger partial charge in [-0.2, -0.15) is 11.8 Å². The van der Waals surface area contributed by atoms with Crippen molar-refractivity contribution < 1.29 is 19.1 Å². The highest BCUT2D eigenvalue weighted by molar-refractivity contribution is 8.00. The number of alkyl carbamates (subject to hydrolysis) is 1. The molecule has 0 spiro atoms. The first-order valence-electron chi connectivity index (χ1n) is 13.1. The van der Waals surface area contributed by atoms with Gasteiger partial charge in [-0.1, -0.05) is 20.3 Å². The fourth-order valence-electron chi connectivity index (χ4n) is 4.67. The van der Waals surface area contributed by atoms with Crippen LogP contribution in [-0.4, -0.2) is 71.1 Å². The molecule has 1 heterocycles. The summed E-state index contributed by atoms with van der Waals surface area (Å²) < 4.78 is 4.75. The topological polar surface area (TPSA) is 114 Å². The maximum Gasteiger partial charge on any atom is 0.407 e. The Labute approximate surface area is 209 Å². The van der Waals surface area contributed by atoms with Crippen molar-refractivity contribution in [2.45, 2.75) is 108 Å². The number of carbonyl (C=O) groups is 3. The zero-order valence-electron chi connectivity index (χ0n) is 21.6. The third-order valence-electron chi connectivity index (χ3n) is 6.91. The lowest BCUT2D eigenvalue weighted by Gasteiger charge is -2.37. The summed E-state index contributed by atoms with van der Waals surface area (Å²) in [6.45, 7) is 9.54. The molecule has 1 saturated carbocycles. The smallest absolute Gasteiger partial charge is 0.407 e. The van der Waals surface area contributed by atoms with Crippen molar-refractivity contribution in [1.29, 1.82) is 0 Å². The van der Waals surface area contributed by atoms with Crippen LogP contribution in [0.1, 0.15) is 85.5 Å².